The van der Waals surface area contributed by atoms with Gasteiger partial charge in [0.15, 0.2) is 5.69 Å². The quantitative estimate of drug-likeness (QED) is 0.718. The number of carbonyl (C=O) groups excluding carboxylic acids is 1. The maximum atomic E-state index is 14.2. The lowest BCUT2D eigenvalue weighted by Crippen LogP contribution is -2.22. The first-order valence-corrected chi connectivity index (χ1v) is 7.53. The van der Waals surface area contributed by atoms with Gasteiger partial charge in [-0.25, -0.2) is 18.9 Å². The Labute approximate surface area is 146 Å². The van der Waals surface area contributed by atoms with Crippen molar-refractivity contribution in [1.82, 2.24) is 15.3 Å². The Bertz CT molecular complexity index is 929. The standard InChI is InChI=1S/C17H12ClF2N3O2/c1-25-22-17(24)15-14(18)16(10-5-3-2-4-6-10)23(21-15)13-9-11(19)7-8-12(13)20/h2-9H,1H3,(H,22,24). The van der Waals surface area contributed by atoms with Crippen LogP contribution in [0.2, 0.25) is 5.02 Å². The summed E-state index contributed by atoms with van der Waals surface area (Å²) in [7, 11) is 1.26. The highest BCUT2D eigenvalue weighted by Crippen LogP contribution is 2.33. The molecule has 25 heavy (non-hydrogen) atoms. The number of rotatable bonds is 4. The van der Waals surface area contributed by atoms with Crippen LogP contribution < -0.4 is 5.48 Å². The van der Waals surface area contributed by atoms with Crippen LogP contribution >= 0.6 is 11.6 Å². The molecule has 0 radical (unpaired) electrons. The Morgan fingerprint density at radius 3 is 2.60 bits per heavy atom. The van der Waals surface area contributed by atoms with Crippen molar-refractivity contribution in [3.8, 4) is 16.9 Å². The van der Waals surface area contributed by atoms with E-state index in [2.05, 4.69) is 15.4 Å². The van der Waals surface area contributed by atoms with Crippen LogP contribution in [0.15, 0.2) is 48.5 Å². The molecule has 3 rings (SSSR count). The molecule has 1 amide bonds. The first-order chi connectivity index (χ1) is 12.0. The van der Waals surface area contributed by atoms with Crippen molar-refractivity contribution in [1.29, 1.82) is 0 Å². The molecule has 5 nitrogen and oxygen atoms in total. The van der Waals surface area contributed by atoms with Crippen LogP contribution in [0.4, 0.5) is 8.78 Å². The van der Waals surface area contributed by atoms with Gasteiger partial charge < -0.3 is 0 Å². The number of hydroxylamine groups is 1. The minimum Gasteiger partial charge on any atom is -0.277 e. The van der Waals surface area contributed by atoms with Gasteiger partial charge in [0.05, 0.1) is 12.8 Å². The maximum Gasteiger partial charge on any atom is 0.296 e. The summed E-state index contributed by atoms with van der Waals surface area (Å²) in [6, 6.07) is 11.7. The van der Waals surface area contributed by atoms with E-state index < -0.39 is 17.5 Å². The summed E-state index contributed by atoms with van der Waals surface area (Å²) in [6.45, 7) is 0. The Balaban J connectivity index is 2.28. The number of carbonyl (C=O) groups is 1. The zero-order valence-electron chi connectivity index (χ0n) is 13.0. The fourth-order valence-corrected chi connectivity index (χ4v) is 2.67. The summed E-state index contributed by atoms with van der Waals surface area (Å²) in [6.07, 6.45) is 0. The van der Waals surface area contributed by atoms with Crippen molar-refractivity contribution >= 4 is 17.5 Å². The van der Waals surface area contributed by atoms with Crippen molar-refractivity contribution < 1.29 is 18.4 Å². The van der Waals surface area contributed by atoms with Crippen molar-refractivity contribution in [2.75, 3.05) is 7.11 Å². The van der Waals surface area contributed by atoms with Crippen LogP contribution in [0.1, 0.15) is 10.5 Å². The first kappa shape index (κ1) is 17.1. The molecule has 0 aliphatic carbocycles. The smallest absolute Gasteiger partial charge is 0.277 e. The normalized spacial score (nSPS) is 10.7. The van der Waals surface area contributed by atoms with E-state index in [9.17, 15) is 13.6 Å². The molecular weight excluding hydrogens is 352 g/mol. The molecule has 0 saturated heterocycles. The number of hydrogen-bond donors (Lipinski definition) is 1. The number of nitrogens with one attached hydrogen (secondary N) is 1. The fraction of sp³-hybridized carbons (Fsp3) is 0.0588. The predicted octanol–water partition coefficient (Wildman–Crippen LogP) is 3.76. The van der Waals surface area contributed by atoms with Crippen molar-refractivity contribution in [2.45, 2.75) is 0 Å². The van der Waals surface area contributed by atoms with Gasteiger partial charge in [-0.05, 0) is 12.1 Å². The molecule has 0 saturated carbocycles. The third kappa shape index (κ3) is 3.24. The van der Waals surface area contributed by atoms with Gasteiger partial charge in [0, 0.05) is 11.6 Å². The number of hydrogen-bond acceptors (Lipinski definition) is 3. The molecule has 128 valence electrons. The van der Waals surface area contributed by atoms with Crippen molar-refractivity contribution in [3.05, 3.63) is 70.9 Å². The zero-order valence-corrected chi connectivity index (χ0v) is 13.7. The maximum absolute atomic E-state index is 14.2. The minimum atomic E-state index is -0.712. The van der Waals surface area contributed by atoms with E-state index in [4.69, 9.17) is 11.6 Å². The lowest BCUT2D eigenvalue weighted by atomic mass is 10.1. The van der Waals surface area contributed by atoms with E-state index in [-0.39, 0.29) is 22.1 Å². The Hall–Kier alpha value is -2.77. The molecule has 0 spiro atoms. The van der Waals surface area contributed by atoms with Gasteiger partial charge in [-0.15, -0.1) is 0 Å². The van der Waals surface area contributed by atoms with Gasteiger partial charge >= 0.3 is 0 Å². The van der Waals surface area contributed by atoms with Gasteiger partial charge in [-0.3, -0.25) is 9.63 Å². The summed E-state index contributed by atoms with van der Waals surface area (Å²) in [5, 5.41) is 4.05. The van der Waals surface area contributed by atoms with E-state index >= 15 is 0 Å². The predicted molar refractivity (Wildman–Crippen MR) is 88.4 cm³/mol. The summed E-state index contributed by atoms with van der Waals surface area (Å²) >= 11 is 6.32. The van der Waals surface area contributed by atoms with Crippen LogP contribution in [0, 0.1) is 11.6 Å². The lowest BCUT2D eigenvalue weighted by molar-refractivity contribution is 0.0532. The SMILES string of the molecule is CONC(=O)c1nn(-c2cc(F)ccc2F)c(-c2ccccc2)c1Cl. The van der Waals surface area contributed by atoms with Crippen LogP contribution in [-0.2, 0) is 4.84 Å². The first-order valence-electron chi connectivity index (χ1n) is 7.15. The van der Waals surface area contributed by atoms with Crippen LogP contribution in [0.25, 0.3) is 16.9 Å². The fourth-order valence-electron chi connectivity index (χ4n) is 2.35. The van der Waals surface area contributed by atoms with Gasteiger partial charge in [0.2, 0.25) is 0 Å². The van der Waals surface area contributed by atoms with Crippen molar-refractivity contribution in [3.63, 3.8) is 0 Å². The van der Waals surface area contributed by atoms with Gasteiger partial charge in [0.1, 0.15) is 22.3 Å². The number of halogens is 3. The van der Waals surface area contributed by atoms with Crippen LogP contribution in [-0.4, -0.2) is 22.8 Å². The van der Waals surface area contributed by atoms with E-state index in [0.717, 1.165) is 22.9 Å². The Morgan fingerprint density at radius 2 is 1.92 bits per heavy atom. The summed E-state index contributed by atoms with van der Waals surface area (Å²) in [5.41, 5.74) is 2.60. The molecule has 1 N–H and O–H groups in total. The molecule has 0 aliphatic rings. The van der Waals surface area contributed by atoms with Gasteiger partial charge in [0.25, 0.3) is 5.91 Å². The van der Waals surface area contributed by atoms with Gasteiger partial charge in [-0.2, -0.15) is 5.10 Å². The summed E-state index contributed by atoms with van der Waals surface area (Å²) < 4.78 is 29.0. The molecule has 0 bridgehead atoms. The molecule has 0 unspecified atom stereocenters. The molecule has 0 fully saturated rings. The van der Waals surface area contributed by atoms with E-state index in [1.54, 1.807) is 30.3 Å². The highest BCUT2D eigenvalue weighted by molar-refractivity contribution is 6.36. The average Bonchev–Trinajstić information content (AvgIpc) is 2.95. The topological polar surface area (TPSA) is 56.1 Å². The average molecular weight is 364 g/mol. The molecule has 1 aromatic heterocycles. The van der Waals surface area contributed by atoms with Crippen molar-refractivity contribution in [2.24, 2.45) is 0 Å². The highest BCUT2D eigenvalue weighted by Gasteiger charge is 2.25. The highest BCUT2D eigenvalue weighted by atomic mass is 35.5. The third-order valence-electron chi connectivity index (χ3n) is 3.42. The molecule has 3 aromatic rings. The minimum absolute atomic E-state index is 0.00980. The molecule has 0 atom stereocenters. The third-order valence-corrected chi connectivity index (χ3v) is 3.78. The molecule has 2 aromatic carbocycles. The Morgan fingerprint density at radius 1 is 1.20 bits per heavy atom. The second-order valence-corrected chi connectivity index (χ2v) is 5.40. The molecule has 1 heterocycles. The largest absolute Gasteiger partial charge is 0.296 e. The number of amides is 1. The van der Waals surface area contributed by atoms with Crippen LogP contribution in [0.5, 0.6) is 0 Å². The van der Waals surface area contributed by atoms with E-state index in [1.165, 1.54) is 7.11 Å². The summed E-state index contributed by atoms with van der Waals surface area (Å²) in [5.74, 6) is -2.07. The second-order valence-electron chi connectivity index (χ2n) is 5.02. The van der Waals surface area contributed by atoms with E-state index in [0.29, 0.717) is 5.56 Å². The molecular formula is C17H12ClF2N3O2. The second kappa shape index (κ2) is 7.00. The van der Waals surface area contributed by atoms with E-state index in [1.807, 2.05) is 0 Å². The van der Waals surface area contributed by atoms with Gasteiger partial charge in [-0.1, -0.05) is 41.9 Å². The number of aromatic nitrogens is 2. The lowest BCUT2D eigenvalue weighted by Gasteiger charge is -2.09. The number of nitrogens with zero attached hydrogens (tertiary/aromatic N) is 2. The molecule has 0 aliphatic heterocycles. The molecule has 8 heteroatoms. The Kier molecular flexibility index (Phi) is 4.78. The zero-order chi connectivity index (χ0) is 18.0. The number of benzene rings is 2. The monoisotopic (exact) mass is 363 g/mol. The summed E-state index contributed by atoms with van der Waals surface area (Å²) in [4.78, 5) is 16.7. The van der Waals surface area contributed by atoms with Crippen LogP contribution in [0.3, 0.4) is 0 Å².